The van der Waals surface area contributed by atoms with Crippen LogP contribution in [0, 0.1) is 0 Å². The highest BCUT2D eigenvalue weighted by molar-refractivity contribution is 4.99. The van der Waals surface area contributed by atoms with Crippen molar-refractivity contribution in [2.45, 2.75) is 43.5 Å². The third-order valence-corrected chi connectivity index (χ3v) is 2.72. The molecule has 2 heterocycles. The van der Waals surface area contributed by atoms with Crippen LogP contribution in [0.3, 0.4) is 0 Å². The molecule has 2 aliphatic heterocycles. The highest BCUT2D eigenvalue weighted by Crippen LogP contribution is 2.34. The van der Waals surface area contributed by atoms with Crippen LogP contribution in [-0.4, -0.2) is 58.5 Å². The Morgan fingerprint density at radius 2 is 2.13 bits per heavy atom. The van der Waals surface area contributed by atoms with E-state index in [4.69, 9.17) is 14.6 Å². The fraction of sp³-hybridized carbons (Fsp3) is 1.00. The van der Waals surface area contributed by atoms with Crippen molar-refractivity contribution < 1.29 is 29.2 Å². The number of halogens is 1. The first-order valence-corrected chi connectivity index (χ1v) is 4.73. The lowest BCUT2D eigenvalue weighted by atomic mass is 9.96. The van der Waals surface area contributed by atoms with E-state index in [0.717, 1.165) is 0 Å². The molecule has 0 aromatic carbocycles. The molecular weight excluding hydrogens is 209 g/mol. The van der Waals surface area contributed by atoms with Crippen molar-refractivity contribution in [1.29, 1.82) is 0 Å². The van der Waals surface area contributed by atoms with Crippen LogP contribution < -0.4 is 5.32 Å². The molecule has 0 amide bonds. The summed E-state index contributed by atoms with van der Waals surface area (Å²) < 4.78 is 23.6. The second-order valence-corrected chi connectivity index (χ2v) is 3.84. The van der Waals surface area contributed by atoms with E-state index in [-0.39, 0.29) is 0 Å². The molecule has 0 saturated carbocycles. The van der Waals surface area contributed by atoms with Gasteiger partial charge in [-0.15, -0.1) is 0 Å². The molecule has 0 aliphatic carbocycles. The number of nitrogens with one attached hydrogen (secondary N) is 1. The Kier molecular flexibility index (Phi) is 2.70. The lowest BCUT2D eigenvalue weighted by molar-refractivity contribution is -0.340. The normalized spacial score (nSPS) is 55.4. The summed E-state index contributed by atoms with van der Waals surface area (Å²) in [5.74, 6) is -2.67. The van der Waals surface area contributed by atoms with Gasteiger partial charge in [0.2, 0.25) is 0 Å². The van der Waals surface area contributed by atoms with Gasteiger partial charge in [-0.1, -0.05) is 0 Å². The number of aliphatic hydroxyl groups excluding tert-OH is 3. The zero-order valence-electron chi connectivity index (χ0n) is 8.13. The quantitative estimate of drug-likeness (QED) is 0.413. The highest BCUT2D eigenvalue weighted by atomic mass is 19.2. The van der Waals surface area contributed by atoms with Crippen molar-refractivity contribution in [3.05, 3.63) is 0 Å². The monoisotopic (exact) mass is 223 g/mol. The maximum Gasteiger partial charge on any atom is 0.263 e. The first-order valence-electron chi connectivity index (χ1n) is 4.73. The van der Waals surface area contributed by atoms with Gasteiger partial charge < -0.3 is 24.8 Å². The van der Waals surface area contributed by atoms with E-state index in [0.29, 0.717) is 0 Å². The van der Waals surface area contributed by atoms with Crippen LogP contribution >= 0.6 is 0 Å². The molecule has 15 heavy (non-hydrogen) atoms. The zero-order chi connectivity index (χ0) is 11.2. The summed E-state index contributed by atoms with van der Waals surface area (Å²) in [6.45, 7) is 0.631. The van der Waals surface area contributed by atoms with Gasteiger partial charge in [-0.3, -0.25) is 5.32 Å². The fourth-order valence-corrected chi connectivity index (χ4v) is 1.88. The van der Waals surface area contributed by atoms with E-state index < -0.39 is 43.2 Å². The van der Waals surface area contributed by atoms with Gasteiger partial charge in [-0.2, -0.15) is 0 Å². The lowest BCUT2D eigenvalue weighted by Gasteiger charge is -2.41. The first-order chi connectivity index (χ1) is 6.98. The number of fused-ring (bicyclic) bond motifs is 1. The van der Waals surface area contributed by atoms with Crippen molar-refractivity contribution in [1.82, 2.24) is 5.32 Å². The summed E-state index contributed by atoms with van der Waals surface area (Å²) in [7, 11) is 0. The molecule has 2 aliphatic rings. The Morgan fingerprint density at radius 1 is 1.47 bits per heavy atom. The van der Waals surface area contributed by atoms with Crippen molar-refractivity contribution in [3.63, 3.8) is 0 Å². The van der Waals surface area contributed by atoms with Crippen molar-refractivity contribution in [3.8, 4) is 0 Å². The Balaban J connectivity index is 2.19. The summed E-state index contributed by atoms with van der Waals surface area (Å²) >= 11 is 0. The molecule has 4 N–H and O–H groups in total. The molecule has 0 aromatic rings. The number of alkyl halides is 1. The standard InChI is InChI=1S/C8H14FNO5/c1-3-10-4-5(12)6(13)8(9,2-11)15-7(4)14-3/h3-7,10-13H,2H2,1H3/t3?,4-,5-,6+,7+,8-/m1/s1. The Labute approximate surface area is 85.6 Å². The van der Waals surface area contributed by atoms with E-state index >= 15 is 0 Å². The molecule has 6 atom stereocenters. The second-order valence-electron chi connectivity index (χ2n) is 3.84. The zero-order valence-corrected chi connectivity index (χ0v) is 8.13. The van der Waals surface area contributed by atoms with Gasteiger partial charge in [0, 0.05) is 0 Å². The number of aliphatic hydroxyl groups is 3. The maximum absolute atomic E-state index is 13.7. The van der Waals surface area contributed by atoms with Crippen molar-refractivity contribution >= 4 is 0 Å². The minimum Gasteiger partial charge on any atom is -0.390 e. The largest absolute Gasteiger partial charge is 0.390 e. The molecule has 1 unspecified atom stereocenters. The van der Waals surface area contributed by atoms with Crippen LogP contribution in [0.15, 0.2) is 0 Å². The number of rotatable bonds is 1. The van der Waals surface area contributed by atoms with E-state index in [2.05, 4.69) is 5.32 Å². The van der Waals surface area contributed by atoms with Crippen LogP contribution in [0.1, 0.15) is 6.92 Å². The molecule has 0 bridgehead atoms. The van der Waals surface area contributed by atoms with E-state index in [1.165, 1.54) is 0 Å². The van der Waals surface area contributed by atoms with Gasteiger partial charge in [0.1, 0.15) is 25.0 Å². The second kappa shape index (κ2) is 3.62. The topological polar surface area (TPSA) is 91.2 Å². The molecule has 88 valence electrons. The number of hydrogen-bond donors (Lipinski definition) is 4. The predicted octanol–water partition coefficient (Wildman–Crippen LogP) is -1.94. The van der Waals surface area contributed by atoms with E-state index in [1.54, 1.807) is 6.92 Å². The predicted molar refractivity (Wildman–Crippen MR) is 45.3 cm³/mol. The van der Waals surface area contributed by atoms with Gasteiger partial charge in [0.05, 0.1) is 6.04 Å². The average Bonchev–Trinajstić information content (AvgIpc) is 2.55. The molecule has 0 aromatic heterocycles. The minimum atomic E-state index is -2.67. The molecular formula is C8H14FNO5. The van der Waals surface area contributed by atoms with Gasteiger partial charge >= 0.3 is 0 Å². The Hall–Kier alpha value is -0.310. The maximum atomic E-state index is 13.7. The summed E-state index contributed by atoms with van der Waals surface area (Å²) in [5, 5.41) is 30.6. The van der Waals surface area contributed by atoms with Crippen LogP contribution in [0.5, 0.6) is 0 Å². The average molecular weight is 223 g/mol. The summed E-state index contributed by atoms with van der Waals surface area (Å²) in [6.07, 6.45) is -4.59. The van der Waals surface area contributed by atoms with E-state index in [1.807, 2.05) is 0 Å². The van der Waals surface area contributed by atoms with E-state index in [9.17, 15) is 14.6 Å². The molecule has 2 saturated heterocycles. The molecule has 7 heteroatoms. The summed E-state index contributed by atoms with van der Waals surface area (Å²) in [4.78, 5) is 0. The van der Waals surface area contributed by atoms with Crippen LogP contribution in [0.4, 0.5) is 4.39 Å². The van der Waals surface area contributed by atoms with Crippen LogP contribution in [0.25, 0.3) is 0 Å². The minimum absolute atomic E-state index is 0.400. The van der Waals surface area contributed by atoms with Gasteiger partial charge in [0.15, 0.2) is 6.29 Å². The Morgan fingerprint density at radius 3 is 2.73 bits per heavy atom. The van der Waals surface area contributed by atoms with Crippen molar-refractivity contribution in [2.75, 3.05) is 6.61 Å². The van der Waals surface area contributed by atoms with Crippen LogP contribution in [-0.2, 0) is 9.47 Å². The third-order valence-electron chi connectivity index (χ3n) is 2.72. The third kappa shape index (κ3) is 1.65. The van der Waals surface area contributed by atoms with Gasteiger partial charge in [-0.25, -0.2) is 4.39 Å². The van der Waals surface area contributed by atoms with Crippen molar-refractivity contribution in [2.24, 2.45) is 0 Å². The highest BCUT2D eigenvalue weighted by Gasteiger charge is 2.57. The number of hydrogen-bond acceptors (Lipinski definition) is 6. The summed E-state index contributed by atoms with van der Waals surface area (Å²) in [6, 6.07) is -0.689. The van der Waals surface area contributed by atoms with Gasteiger partial charge in [0.25, 0.3) is 5.85 Å². The van der Waals surface area contributed by atoms with Gasteiger partial charge in [-0.05, 0) is 6.92 Å². The molecule has 0 spiro atoms. The first kappa shape index (κ1) is 11.2. The summed E-state index contributed by atoms with van der Waals surface area (Å²) in [5.41, 5.74) is 0. The number of ether oxygens (including phenoxy) is 2. The molecule has 2 fully saturated rings. The SMILES string of the molecule is CC1N[C@H]2[C@@H](O1)O[C@](F)(CO)[C@@H](O)[C@@H]2O. The molecule has 2 rings (SSSR count). The fourth-order valence-electron chi connectivity index (χ4n) is 1.88. The molecule has 6 nitrogen and oxygen atoms in total. The van der Waals surface area contributed by atoms with Crippen LogP contribution in [0.2, 0.25) is 0 Å². The Bertz CT molecular complexity index is 251. The lowest BCUT2D eigenvalue weighted by Crippen LogP contribution is -2.65. The molecule has 0 radical (unpaired) electrons. The smallest absolute Gasteiger partial charge is 0.263 e.